The predicted molar refractivity (Wildman–Crippen MR) is 125 cm³/mol. The molecule has 0 radical (unpaired) electrons. The molecule has 0 aliphatic rings. The van der Waals surface area contributed by atoms with Crippen LogP contribution in [0.5, 0.6) is 5.75 Å². The molecule has 164 valence electrons. The fourth-order valence-corrected chi connectivity index (χ4v) is 4.36. The minimum Gasteiger partial charge on any atom is -0.484 e. The van der Waals surface area contributed by atoms with Crippen molar-refractivity contribution in [2.45, 2.75) is 36.9 Å². The summed E-state index contributed by atoms with van der Waals surface area (Å²) in [7, 11) is 1.83. The van der Waals surface area contributed by atoms with Crippen molar-refractivity contribution in [2.75, 3.05) is 0 Å². The first kappa shape index (κ1) is 23.7. The number of amides is 1. The normalized spacial score (nSPS) is 13.0. The number of halogens is 3. The second kappa shape index (κ2) is 10.6. The molecule has 0 saturated carbocycles. The molecule has 0 fully saturated rings. The predicted octanol–water partition coefficient (Wildman–Crippen LogP) is 5.71. The molecule has 10 heteroatoms. The van der Waals surface area contributed by atoms with Gasteiger partial charge in [0.2, 0.25) is 5.91 Å². The molecule has 31 heavy (non-hydrogen) atoms. The maximum atomic E-state index is 12.7. The molecule has 0 spiro atoms. The van der Waals surface area contributed by atoms with Crippen LogP contribution in [0.1, 0.15) is 31.3 Å². The number of nitrogens with one attached hydrogen (secondary N) is 1. The molecule has 3 rings (SSSR count). The number of benzene rings is 2. The monoisotopic (exact) mass is 498 g/mol. The Hall–Kier alpha value is -1.93. The van der Waals surface area contributed by atoms with Gasteiger partial charge >= 0.3 is 0 Å². The summed E-state index contributed by atoms with van der Waals surface area (Å²) < 4.78 is 7.52. The Kier molecular flexibility index (Phi) is 8.11. The van der Waals surface area contributed by atoms with Gasteiger partial charge in [-0.3, -0.25) is 4.79 Å². The van der Waals surface area contributed by atoms with Gasteiger partial charge in [-0.05, 0) is 43.7 Å². The minimum absolute atomic E-state index is 0.139. The van der Waals surface area contributed by atoms with Crippen molar-refractivity contribution < 1.29 is 9.53 Å². The summed E-state index contributed by atoms with van der Waals surface area (Å²) in [6.45, 7) is 3.89. The third-order valence-corrected chi connectivity index (χ3v) is 6.57. The van der Waals surface area contributed by atoms with E-state index in [0.29, 0.717) is 31.8 Å². The number of para-hydroxylation sites is 1. The fraction of sp³-hybridized carbons (Fsp3) is 0.286. The second-order valence-corrected chi connectivity index (χ2v) is 9.39. The maximum Gasteiger partial charge on any atom is 0.233 e. The molecule has 2 atom stereocenters. The van der Waals surface area contributed by atoms with E-state index in [2.05, 4.69) is 15.5 Å². The van der Waals surface area contributed by atoms with Crippen LogP contribution in [0.4, 0.5) is 0 Å². The van der Waals surface area contributed by atoms with Crippen LogP contribution in [0.2, 0.25) is 15.1 Å². The van der Waals surface area contributed by atoms with Crippen molar-refractivity contribution in [3.8, 4) is 5.75 Å². The number of carbonyl (C=O) groups excluding carboxylic acids is 1. The van der Waals surface area contributed by atoms with Crippen molar-refractivity contribution in [1.82, 2.24) is 20.1 Å². The van der Waals surface area contributed by atoms with E-state index in [1.807, 2.05) is 33.0 Å². The summed E-state index contributed by atoms with van der Waals surface area (Å²) in [6, 6.07) is 12.2. The summed E-state index contributed by atoms with van der Waals surface area (Å²) in [4.78, 5) is 12.7. The Bertz CT molecular complexity index is 1080. The molecule has 0 aliphatic heterocycles. The highest BCUT2D eigenvalue weighted by atomic mass is 35.5. The first-order valence-electron chi connectivity index (χ1n) is 9.44. The van der Waals surface area contributed by atoms with E-state index in [-0.39, 0.29) is 18.6 Å². The van der Waals surface area contributed by atoms with Crippen LogP contribution in [0.25, 0.3) is 0 Å². The number of carbonyl (C=O) groups is 1. The molecule has 0 aliphatic carbocycles. The van der Waals surface area contributed by atoms with E-state index in [1.165, 1.54) is 11.8 Å². The van der Waals surface area contributed by atoms with Crippen LogP contribution >= 0.6 is 46.6 Å². The molecule has 1 aromatic heterocycles. The topological polar surface area (TPSA) is 69.0 Å². The third-order valence-electron chi connectivity index (χ3n) is 4.56. The first-order chi connectivity index (χ1) is 14.8. The smallest absolute Gasteiger partial charge is 0.233 e. The molecule has 2 aromatic carbocycles. The number of hydrogen-bond acceptors (Lipinski definition) is 5. The molecule has 0 bridgehead atoms. The number of aromatic nitrogens is 3. The number of nitrogens with zero attached hydrogens (tertiary/aromatic N) is 3. The zero-order valence-corrected chi connectivity index (χ0v) is 20.2. The fourth-order valence-electron chi connectivity index (χ4n) is 2.75. The summed E-state index contributed by atoms with van der Waals surface area (Å²) in [5.74, 6) is 1.06. The Labute approximate surface area is 200 Å². The molecule has 1 amide bonds. The van der Waals surface area contributed by atoms with Crippen LogP contribution < -0.4 is 10.1 Å². The van der Waals surface area contributed by atoms with E-state index < -0.39 is 5.25 Å². The van der Waals surface area contributed by atoms with E-state index >= 15 is 0 Å². The standard InChI is InChI=1S/C21H21Cl3N4O2S/c1-12(15-9-8-14(22)10-17(15)24)25-20(29)13(2)31-21-27-26-19(28(21)3)11-30-18-7-5-4-6-16(18)23/h4-10,12-13H,11H2,1-3H3,(H,25,29). The van der Waals surface area contributed by atoms with Gasteiger partial charge in [-0.15, -0.1) is 10.2 Å². The lowest BCUT2D eigenvalue weighted by Gasteiger charge is -2.18. The Balaban J connectivity index is 1.59. The molecular formula is C21H21Cl3N4O2S. The number of rotatable bonds is 8. The third kappa shape index (κ3) is 6.07. The highest BCUT2D eigenvalue weighted by Crippen LogP contribution is 2.28. The summed E-state index contributed by atoms with van der Waals surface area (Å²) in [5.41, 5.74) is 0.800. The molecule has 2 unspecified atom stereocenters. The zero-order chi connectivity index (χ0) is 22.5. The largest absolute Gasteiger partial charge is 0.484 e. The number of thioether (sulfide) groups is 1. The molecule has 6 nitrogen and oxygen atoms in total. The Morgan fingerprint density at radius 1 is 1.13 bits per heavy atom. The van der Waals surface area contributed by atoms with E-state index in [1.54, 1.807) is 34.9 Å². The molecular weight excluding hydrogens is 479 g/mol. The van der Waals surface area contributed by atoms with Crippen molar-refractivity contribution in [1.29, 1.82) is 0 Å². The lowest BCUT2D eigenvalue weighted by molar-refractivity contribution is -0.120. The summed E-state index contributed by atoms with van der Waals surface area (Å²) in [6.07, 6.45) is 0. The van der Waals surface area contributed by atoms with Gasteiger partial charge in [0.25, 0.3) is 0 Å². The lowest BCUT2D eigenvalue weighted by Crippen LogP contribution is -2.33. The van der Waals surface area contributed by atoms with Crippen molar-refractivity contribution in [3.63, 3.8) is 0 Å². The molecule has 3 aromatic rings. The first-order valence-corrected chi connectivity index (χ1v) is 11.4. The number of ether oxygens (including phenoxy) is 1. The molecule has 1 heterocycles. The van der Waals surface area contributed by atoms with Gasteiger partial charge in [-0.25, -0.2) is 0 Å². The average molecular weight is 500 g/mol. The summed E-state index contributed by atoms with van der Waals surface area (Å²) in [5, 5.41) is 13.1. The van der Waals surface area contributed by atoms with Crippen molar-refractivity contribution >= 4 is 52.5 Å². The SMILES string of the molecule is CC(Sc1nnc(COc2ccccc2Cl)n1C)C(=O)NC(C)c1ccc(Cl)cc1Cl. The average Bonchev–Trinajstić information content (AvgIpc) is 3.06. The van der Waals surface area contributed by atoms with Crippen LogP contribution in [0, 0.1) is 0 Å². The van der Waals surface area contributed by atoms with Gasteiger partial charge in [0.05, 0.1) is 16.3 Å². The van der Waals surface area contributed by atoms with Crippen molar-refractivity contribution in [2.24, 2.45) is 7.05 Å². The summed E-state index contributed by atoms with van der Waals surface area (Å²) >= 11 is 19.6. The van der Waals surface area contributed by atoms with Crippen LogP contribution in [0.15, 0.2) is 47.6 Å². The quantitative estimate of drug-likeness (QED) is 0.402. The van der Waals surface area contributed by atoms with Crippen LogP contribution in [-0.4, -0.2) is 25.9 Å². The van der Waals surface area contributed by atoms with E-state index in [0.717, 1.165) is 5.56 Å². The highest BCUT2D eigenvalue weighted by molar-refractivity contribution is 8.00. The van der Waals surface area contributed by atoms with Crippen LogP contribution in [0.3, 0.4) is 0 Å². The van der Waals surface area contributed by atoms with Crippen molar-refractivity contribution in [3.05, 3.63) is 68.9 Å². The Morgan fingerprint density at radius 3 is 2.58 bits per heavy atom. The maximum absolute atomic E-state index is 12.7. The lowest BCUT2D eigenvalue weighted by atomic mass is 10.1. The minimum atomic E-state index is -0.395. The Morgan fingerprint density at radius 2 is 1.87 bits per heavy atom. The molecule has 1 N–H and O–H groups in total. The zero-order valence-electron chi connectivity index (χ0n) is 17.1. The van der Waals surface area contributed by atoms with Gasteiger partial charge in [0.1, 0.15) is 12.4 Å². The van der Waals surface area contributed by atoms with Gasteiger partial charge < -0.3 is 14.6 Å². The van der Waals surface area contributed by atoms with Gasteiger partial charge in [0, 0.05) is 17.1 Å². The second-order valence-electron chi connectivity index (χ2n) is 6.83. The van der Waals surface area contributed by atoms with Crippen LogP contribution in [-0.2, 0) is 18.4 Å². The van der Waals surface area contributed by atoms with Gasteiger partial charge in [-0.1, -0.05) is 64.8 Å². The van der Waals surface area contributed by atoms with Gasteiger partial charge in [-0.2, -0.15) is 0 Å². The molecule has 0 saturated heterocycles. The van der Waals surface area contributed by atoms with Gasteiger partial charge in [0.15, 0.2) is 11.0 Å². The van der Waals surface area contributed by atoms with E-state index in [4.69, 9.17) is 39.5 Å². The highest BCUT2D eigenvalue weighted by Gasteiger charge is 2.21. The van der Waals surface area contributed by atoms with E-state index in [9.17, 15) is 4.79 Å². The number of hydrogen-bond donors (Lipinski definition) is 1.